The van der Waals surface area contributed by atoms with Gasteiger partial charge in [0.15, 0.2) is 0 Å². The molecule has 0 saturated heterocycles. The van der Waals surface area contributed by atoms with Crippen LogP contribution in [0.25, 0.3) is 6.08 Å². The lowest BCUT2D eigenvalue weighted by Crippen LogP contribution is -1.92. The van der Waals surface area contributed by atoms with Gasteiger partial charge in [0.25, 0.3) is 0 Å². The third-order valence-corrected chi connectivity index (χ3v) is 1.44. The molecule has 1 rings (SSSR count). The average molecular weight is 149 g/mol. The van der Waals surface area contributed by atoms with E-state index in [-0.39, 0.29) is 0 Å². The van der Waals surface area contributed by atoms with E-state index >= 15 is 0 Å². The summed E-state index contributed by atoms with van der Waals surface area (Å²) in [6.07, 6.45) is 1.73. The van der Waals surface area contributed by atoms with E-state index in [0.717, 1.165) is 11.3 Å². The van der Waals surface area contributed by atoms with Crippen LogP contribution in [0.2, 0.25) is 0 Å². The normalized spacial score (nSPS) is 9.27. The van der Waals surface area contributed by atoms with E-state index < -0.39 is 0 Å². The third-order valence-electron chi connectivity index (χ3n) is 1.44. The number of hydrogen-bond donors (Lipinski definition) is 0. The number of aromatic nitrogens is 1. The van der Waals surface area contributed by atoms with Crippen LogP contribution in [0.3, 0.4) is 0 Å². The monoisotopic (exact) mass is 149 g/mol. The van der Waals surface area contributed by atoms with Gasteiger partial charge in [0, 0.05) is 11.3 Å². The van der Waals surface area contributed by atoms with Crippen LogP contribution in [0.4, 0.5) is 0 Å². The molecule has 0 fully saturated rings. The van der Waals surface area contributed by atoms with Crippen molar-refractivity contribution in [2.24, 2.45) is 0 Å². The van der Waals surface area contributed by atoms with Crippen molar-refractivity contribution in [2.75, 3.05) is 7.11 Å². The lowest BCUT2D eigenvalue weighted by Gasteiger charge is -2.02. The van der Waals surface area contributed by atoms with E-state index in [0.29, 0.717) is 5.88 Å². The summed E-state index contributed by atoms with van der Waals surface area (Å²) in [5, 5.41) is 0. The molecule has 2 heteroatoms. The highest BCUT2D eigenvalue weighted by molar-refractivity contribution is 5.52. The van der Waals surface area contributed by atoms with Gasteiger partial charge in [-0.3, -0.25) is 0 Å². The van der Waals surface area contributed by atoms with Gasteiger partial charge in [-0.2, -0.15) is 0 Å². The molecule has 0 amide bonds. The van der Waals surface area contributed by atoms with Gasteiger partial charge in [-0.15, -0.1) is 0 Å². The first-order chi connectivity index (χ1) is 5.27. The van der Waals surface area contributed by atoms with Gasteiger partial charge < -0.3 is 4.74 Å². The summed E-state index contributed by atoms with van der Waals surface area (Å²) >= 11 is 0. The molecule has 1 aromatic heterocycles. The molecule has 1 heterocycles. The third kappa shape index (κ3) is 1.58. The maximum absolute atomic E-state index is 5.03. The number of pyridine rings is 1. The van der Waals surface area contributed by atoms with Crippen LogP contribution >= 0.6 is 0 Å². The van der Waals surface area contributed by atoms with Crippen molar-refractivity contribution < 1.29 is 4.74 Å². The molecule has 0 aliphatic heterocycles. The first-order valence-corrected chi connectivity index (χ1v) is 3.42. The standard InChI is InChI=1S/C9H11NO/c1-4-8-6-5-7(2)10-9(8)11-3/h4-6H,1H2,2-3H3. The molecule has 2 nitrogen and oxygen atoms in total. The van der Waals surface area contributed by atoms with Crippen molar-refractivity contribution in [1.82, 2.24) is 4.98 Å². The Kier molecular flexibility index (Phi) is 2.26. The smallest absolute Gasteiger partial charge is 0.220 e. The summed E-state index contributed by atoms with van der Waals surface area (Å²) in [5.74, 6) is 0.639. The first-order valence-electron chi connectivity index (χ1n) is 3.42. The average Bonchev–Trinajstić information content (AvgIpc) is 2.04. The van der Waals surface area contributed by atoms with Gasteiger partial charge >= 0.3 is 0 Å². The van der Waals surface area contributed by atoms with Gasteiger partial charge in [0.1, 0.15) is 0 Å². The number of hydrogen-bond acceptors (Lipinski definition) is 2. The van der Waals surface area contributed by atoms with E-state index in [1.54, 1.807) is 13.2 Å². The van der Waals surface area contributed by atoms with E-state index in [1.165, 1.54) is 0 Å². The summed E-state index contributed by atoms with van der Waals surface area (Å²) in [5.41, 5.74) is 1.88. The second kappa shape index (κ2) is 3.19. The molecule has 0 unspecified atom stereocenters. The Morgan fingerprint density at radius 2 is 2.27 bits per heavy atom. The van der Waals surface area contributed by atoms with Crippen LogP contribution in [-0.2, 0) is 0 Å². The first kappa shape index (κ1) is 7.79. The Labute approximate surface area is 66.5 Å². The van der Waals surface area contributed by atoms with Gasteiger partial charge in [0.2, 0.25) is 5.88 Å². The van der Waals surface area contributed by atoms with Crippen molar-refractivity contribution in [3.8, 4) is 5.88 Å². The Hall–Kier alpha value is -1.31. The second-order valence-electron chi connectivity index (χ2n) is 2.26. The van der Waals surface area contributed by atoms with Gasteiger partial charge in [-0.1, -0.05) is 12.7 Å². The number of nitrogens with zero attached hydrogens (tertiary/aromatic N) is 1. The van der Waals surface area contributed by atoms with Crippen LogP contribution in [0.5, 0.6) is 5.88 Å². The number of aryl methyl sites for hydroxylation is 1. The molecule has 1 aromatic rings. The fraction of sp³-hybridized carbons (Fsp3) is 0.222. The topological polar surface area (TPSA) is 22.1 Å². The Balaban J connectivity index is 3.16. The van der Waals surface area contributed by atoms with Gasteiger partial charge in [0.05, 0.1) is 7.11 Å². The zero-order valence-electron chi connectivity index (χ0n) is 6.79. The highest BCUT2D eigenvalue weighted by atomic mass is 16.5. The maximum atomic E-state index is 5.03. The quantitative estimate of drug-likeness (QED) is 0.642. The predicted molar refractivity (Wildman–Crippen MR) is 45.6 cm³/mol. The van der Waals surface area contributed by atoms with Crippen LogP contribution in [0.1, 0.15) is 11.3 Å². The molecule has 0 aliphatic rings. The van der Waals surface area contributed by atoms with Crippen LogP contribution in [0.15, 0.2) is 18.7 Å². The zero-order valence-corrected chi connectivity index (χ0v) is 6.79. The van der Waals surface area contributed by atoms with E-state index in [1.807, 2.05) is 19.1 Å². The SMILES string of the molecule is C=Cc1ccc(C)nc1OC. The highest BCUT2D eigenvalue weighted by Crippen LogP contribution is 2.15. The molecular weight excluding hydrogens is 138 g/mol. The summed E-state index contributed by atoms with van der Waals surface area (Å²) < 4.78 is 5.03. The van der Waals surface area contributed by atoms with Crippen molar-refractivity contribution in [3.63, 3.8) is 0 Å². The second-order valence-corrected chi connectivity index (χ2v) is 2.26. The van der Waals surface area contributed by atoms with Crippen molar-refractivity contribution in [3.05, 3.63) is 30.0 Å². The minimum atomic E-state index is 0.639. The van der Waals surface area contributed by atoms with Crippen molar-refractivity contribution in [1.29, 1.82) is 0 Å². The number of methoxy groups -OCH3 is 1. The zero-order chi connectivity index (χ0) is 8.27. The molecule has 0 atom stereocenters. The summed E-state index contributed by atoms with van der Waals surface area (Å²) in [6, 6.07) is 3.87. The minimum absolute atomic E-state index is 0.639. The summed E-state index contributed by atoms with van der Waals surface area (Å²) in [6.45, 7) is 5.58. The lowest BCUT2D eigenvalue weighted by molar-refractivity contribution is 0.396. The van der Waals surface area contributed by atoms with E-state index in [2.05, 4.69) is 11.6 Å². The fourth-order valence-corrected chi connectivity index (χ4v) is 0.863. The molecule has 0 spiro atoms. The molecule has 0 aliphatic carbocycles. The minimum Gasteiger partial charge on any atom is -0.481 e. The number of rotatable bonds is 2. The van der Waals surface area contributed by atoms with Crippen molar-refractivity contribution in [2.45, 2.75) is 6.92 Å². The molecule has 58 valence electrons. The highest BCUT2D eigenvalue weighted by Gasteiger charge is 1.98. The van der Waals surface area contributed by atoms with Crippen molar-refractivity contribution >= 4 is 6.08 Å². The van der Waals surface area contributed by atoms with Crippen LogP contribution in [0, 0.1) is 6.92 Å². The lowest BCUT2D eigenvalue weighted by atomic mass is 10.2. The van der Waals surface area contributed by atoms with Gasteiger partial charge in [-0.25, -0.2) is 4.98 Å². The molecular formula is C9H11NO. The summed E-state index contributed by atoms with van der Waals surface area (Å²) in [4.78, 5) is 4.17. The molecule has 0 saturated carbocycles. The molecule has 0 aromatic carbocycles. The van der Waals surface area contributed by atoms with E-state index in [9.17, 15) is 0 Å². The maximum Gasteiger partial charge on any atom is 0.220 e. The van der Waals surface area contributed by atoms with Crippen LogP contribution < -0.4 is 4.74 Å². The Bertz CT molecular complexity index is 268. The van der Waals surface area contributed by atoms with Crippen LogP contribution in [-0.4, -0.2) is 12.1 Å². The number of ether oxygens (including phenoxy) is 1. The molecule has 11 heavy (non-hydrogen) atoms. The predicted octanol–water partition coefficient (Wildman–Crippen LogP) is 2.04. The Morgan fingerprint density at radius 1 is 1.55 bits per heavy atom. The largest absolute Gasteiger partial charge is 0.481 e. The Morgan fingerprint density at radius 3 is 2.82 bits per heavy atom. The summed E-state index contributed by atoms with van der Waals surface area (Å²) in [7, 11) is 1.61. The molecule has 0 bridgehead atoms. The van der Waals surface area contributed by atoms with Gasteiger partial charge in [-0.05, 0) is 19.1 Å². The molecule has 0 N–H and O–H groups in total. The molecule has 0 radical (unpaired) electrons. The van der Waals surface area contributed by atoms with E-state index in [4.69, 9.17) is 4.74 Å². The fourth-order valence-electron chi connectivity index (χ4n) is 0.863.